The largest absolute Gasteiger partial charge is 0.388 e. The first-order valence-electron chi connectivity index (χ1n) is 10.3. The molecular weight excluding hydrogens is 358 g/mol. The third-order valence-corrected chi connectivity index (χ3v) is 6.79. The van der Waals surface area contributed by atoms with Crippen molar-refractivity contribution in [3.63, 3.8) is 0 Å². The smallest absolute Gasteiger partial charge is 0.223 e. The Hall–Kier alpha value is -1.93. The number of hydrogen-bond acceptors (Lipinski definition) is 7. The van der Waals surface area contributed by atoms with Crippen molar-refractivity contribution in [1.82, 2.24) is 15.3 Å². The highest BCUT2D eigenvalue weighted by Gasteiger charge is 2.54. The second-order valence-corrected chi connectivity index (χ2v) is 8.81. The van der Waals surface area contributed by atoms with E-state index in [1.807, 2.05) is 19.9 Å². The van der Waals surface area contributed by atoms with Crippen molar-refractivity contribution in [1.29, 1.82) is 0 Å². The number of carbonyl (C=O) groups excluding carboxylic acids is 1. The summed E-state index contributed by atoms with van der Waals surface area (Å²) in [6, 6.07) is 1.93. The number of nitrogens with two attached hydrogens (primary N) is 1. The van der Waals surface area contributed by atoms with Crippen molar-refractivity contribution in [2.45, 2.75) is 69.6 Å². The van der Waals surface area contributed by atoms with Gasteiger partial charge in [0.15, 0.2) is 0 Å². The fourth-order valence-corrected chi connectivity index (χ4v) is 4.72. The lowest BCUT2D eigenvalue weighted by molar-refractivity contribution is -0.199. The van der Waals surface area contributed by atoms with Crippen LogP contribution in [0, 0.1) is 12.8 Å². The number of hydrogen-bond donors (Lipinski definition) is 3. The number of aliphatic hydroxyl groups excluding tert-OH is 1. The van der Waals surface area contributed by atoms with Crippen LogP contribution in [-0.4, -0.2) is 57.9 Å². The van der Waals surface area contributed by atoms with Gasteiger partial charge in [-0.05, 0) is 46.0 Å². The van der Waals surface area contributed by atoms with Gasteiger partial charge in [-0.3, -0.25) is 4.79 Å². The van der Waals surface area contributed by atoms with Gasteiger partial charge in [0.1, 0.15) is 11.9 Å². The highest BCUT2D eigenvalue weighted by atomic mass is 16.5. The number of nitrogens with one attached hydrogen (secondary N) is 1. The normalized spacial score (nSPS) is 30.1. The van der Waals surface area contributed by atoms with Gasteiger partial charge in [-0.1, -0.05) is 6.42 Å². The van der Waals surface area contributed by atoms with Crippen LogP contribution in [0.2, 0.25) is 0 Å². The number of piperidine rings is 1. The SMILES string of the molecule is Cc1cc(N2CCC3(CC2)OCC[C@](C)(NC(=O)C2CCC2)[C@H]3O)nc(N)n1. The lowest BCUT2D eigenvalue weighted by Crippen LogP contribution is -2.69. The summed E-state index contributed by atoms with van der Waals surface area (Å²) in [5.41, 5.74) is 5.34. The van der Waals surface area contributed by atoms with Gasteiger partial charge in [0.25, 0.3) is 0 Å². The zero-order chi connectivity index (χ0) is 19.9. The number of rotatable bonds is 3. The van der Waals surface area contributed by atoms with Gasteiger partial charge >= 0.3 is 0 Å². The predicted molar refractivity (Wildman–Crippen MR) is 106 cm³/mol. The van der Waals surface area contributed by atoms with Gasteiger partial charge in [-0.2, -0.15) is 4.98 Å². The van der Waals surface area contributed by atoms with E-state index in [2.05, 4.69) is 20.2 Å². The molecule has 0 aromatic carbocycles. The third kappa shape index (κ3) is 3.43. The van der Waals surface area contributed by atoms with Crippen molar-refractivity contribution in [2.75, 3.05) is 30.3 Å². The average molecular weight is 390 g/mol. The van der Waals surface area contributed by atoms with E-state index in [4.69, 9.17) is 10.5 Å². The maximum absolute atomic E-state index is 12.5. The summed E-state index contributed by atoms with van der Waals surface area (Å²) in [4.78, 5) is 23.2. The molecule has 8 heteroatoms. The Morgan fingerprint density at radius 3 is 2.64 bits per heavy atom. The second kappa shape index (κ2) is 7.15. The van der Waals surface area contributed by atoms with Crippen LogP contribution in [0.5, 0.6) is 0 Å². The van der Waals surface area contributed by atoms with Crippen molar-refractivity contribution < 1.29 is 14.6 Å². The minimum atomic E-state index is -0.739. The quantitative estimate of drug-likeness (QED) is 0.711. The van der Waals surface area contributed by atoms with E-state index in [0.29, 0.717) is 39.0 Å². The summed E-state index contributed by atoms with van der Waals surface area (Å²) in [5.74, 6) is 1.27. The number of anilines is 2. The summed E-state index contributed by atoms with van der Waals surface area (Å²) in [6.07, 6.45) is 4.26. The fraction of sp³-hybridized carbons (Fsp3) is 0.750. The lowest BCUT2D eigenvalue weighted by atomic mass is 9.72. The Balaban J connectivity index is 1.45. The molecular formula is C20H31N5O3. The van der Waals surface area contributed by atoms with Crippen molar-refractivity contribution in [2.24, 2.45) is 5.92 Å². The number of aliphatic hydroxyl groups is 1. The molecule has 1 spiro atoms. The van der Waals surface area contributed by atoms with Crippen molar-refractivity contribution in [3.8, 4) is 0 Å². The molecule has 0 radical (unpaired) electrons. The molecule has 2 atom stereocenters. The molecule has 3 heterocycles. The van der Waals surface area contributed by atoms with Gasteiger partial charge in [-0.15, -0.1) is 0 Å². The molecule has 8 nitrogen and oxygen atoms in total. The van der Waals surface area contributed by atoms with E-state index in [1.54, 1.807) is 0 Å². The van der Waals surface area contributed by atoms with Gasteiger partial charge in [0.2, 0.25) is 11.9 Å². The maximum atomic E-state index is 12.5. The Morgan fingerprint density at radius 1 is 1.32 bits per heavy atom. The van der Waals surface area contributed by atoms with Crippen LogP contribution >= 0.6 is 0 Å². The molecule has 1 amide bonds. The molecule has 4 rings (SSSR count). The molecule has 28 heavy (non-hydrogen) atoms. The van der Waals surface area contributed by atoms with Gasteiger partial charge in [-0.25, -0.2) is 4.98 Å². The summed E-state index contributed by atoms with van der Waals surface area (Å²) >= 11 is 0. The standard InChI is InChI=1S/C20H31N5O3/c1-13-12-15(23-18(21)22-13)25-9-6-20(7-10-25)17(27)19(2,8-11-28-20)24-16(26)14-4-3-5-14/h12,14,17,27H,3-11H2,1-2H3,(H,24,26)(H2,21,22,23)/t17-,19+/m1/s1. The minimum Gasteiger partial charge on any atom is -0.388 e. The zero-order valence-corrected chi connectivity index (χ0v) is 16.8. The molecule has 3 fully saturated rings. The number of ether oxygens (including phenoxy) is 1. The first-order valence-corrected chi connectivity index (χ1v) is 10.3. The fourth-order valence-electron chi connectivity index (χ4n) is 4.72. The lowest BCUT2D eigenvalue weighted by Gasteiger charge is -2.54. The number of nitrogen functional groups attached to an aromatic ring is 1. The van der Waals surface area contributed by atoms with Gasteiger partial charge in [0.05, 0.1) is 11.1 Å². The Kier molecular flexibility index (Phi) is 4.95. The monoisotopic (exact) mass is 389 g/mol. The molecule has 1 aliphatic carbocycles. The number of carbonyl (C=O) groups is 1. The van der Waals surface area contributed by atoms with Gasteiger partial charge in [0, 0.05) is 37.4 Å². The summed E-state index contributed by atoms with van der Waals surface area (Å²) in [7, 11) is 0. The Morgan fingerprint density at radius 2 is 2.04 bits per heavy atom. The van der Waals surface area contributed by atoms with Crippen molar-refractivity contribution >= 4 is 17.7 Å². The summed E-state index contributed by atoms with van der Waals surface area (Å²) in [5, 5.41) is 14.4. The molecule has 1 saturated carbocycles. The first-order chi connectivity index (χ1) is 13.3. The maximum Gasteiger partial charge on any atom is 0.223 e. The van der Waals surface area contributed by atoms with E-state index in [0.717, 1.165) is 30.8 Å². The minimum absolute atomic E-state index is 0.0780. The van der Waals surface area contributed by atoms with Crippen LogP contribution in [0.3, 0.4) is 0 Å². The number of aryl methyl sites for hydroxylation is 1. The molecule has 154 valence electrons. The Bertz CT molecular complexity index is 725. The molecule has 1 aromatic heterocycles. The van der Waals surface area contributed by atoms with E-state index < -0.39 is 17.2 Å². The van der Waals surface area contributed by atoms with E-state index in [1.165, 1.54) is 0 Å². The van der Waals surface area contributed by atoms with Crippen LogP contribution < -0.4 is 16.0 Å². The van der Waals surface area contributed by atoms with Crippen LogP contribution in [0.25, 0.3) is 0 Å². The number of amides is 1. The average Bonchev–Trinajstić information content (AvgIpc) is 2.58. The Labute approximate surface area is 165 Å². The summed E-state index contributed by atoms with van der Waals surface area (Å²) < 4.78 is 6.14. The van der Waals surface area contributed by atoms with E-state index in [-0.39, 0.29) is 17.8 Å². The first kappa shape index (κ1) is 19.4. The summed E-state index contributed by atoms with van der Waals surface area (Å²) in [6.45, 7) is 5.81. The van der Waals surface area contributed by atoms with Gasteiger partial charge < -0.3 is 25.8 Å². The molecule has 0 unspecified atom stereocenters. The topological polar surface area (TPSA) is 114 Å². The van der Waals surface area contributed by atoms with Crippen LogP contribution in [-0.2, 0) is 9.53 Å². The predicted octanol–water partition coefficient (Wildman–Crippen LogP) is 1.16. The zero-order valence-electron chi connectivity index (χ0n) is 16.8. The molecule has 1 aromatic rings. The van der Waals surface area contributed by atoms with E-state index in [9.17, 15) is 9.90 Å². The van der Waals surface area contributed by atoms with E-state index >= 15 is 0 Å². The molecule has 3 aliphatic rings. The molecule has 2 aliphatic heterocycles. The van der Waals surface area contributed by atoms with Crippen molar-refractivity contribution in [3.05, 3.63) is 11.8 Å². The number of nitrogens with zero attached hydrogens (tertiary/aromatic N) is 3. The second-order valence-electron chi connectivity index (χ2n) is 8.81. The van der Waals surface area contributed by atoms with Crippen LogP contribution in [0.4, 0.5) is 11.8 Å². The van der Waals surface area contributed by atoms with Crippen LogP contribution in [0.1, 0.15) is 51.1 Å². The van der Waals surface area contributed by atoms with Crippen LogP contribution in [0.15, 0.2) is 6.07 Å². The highest BCUT2D eigenvalue weighted by Crippen LogP contribution is 2.41. The number of aromatic nitrogens is 2. The molecule has 2 saturated heterocycles. The highest BCUT2D eigenvalue weighted by molar-refractivity contribution is 5.80. The molecule has 4 N–H and O–H groups in total. The third-order valence-electron chi connectivity index (χ3n) is 6.79. The molecule has 0 bridgehead atoms.